The molecule has 3 heteroatoms. The molecular formula is C42H30N2O. The largest absolute Gasteiger partial charge is 0.456 e. The number of hydrogen-bond acceptors (Lipinski definition) is 1. The van der Waals surface area contributed by atoms with E-state index in [0.29, 0.717) is 0 Å². The van der Waals surface area contributed by atoms with Crippen LogP contribution in [0, 0.1) is 6.92 Å². The Kier molecular flexibility index (Phi) is 5.63. The first-order valence-corrected chi connectivity index (χ1v) is 15.5. The molecule has 0 spiro atoms. The molecule has 0 fully saturated rings. The van der Waals surface area contributed by atoms with Crippen molar-refractivity contribution in [3.05, 3.63) is 151 Å². The average molecular weight is 579 g/mol. The quantitative estimate of drug-likeness (QED) is 0.204. The minimum atomic E-state index is 0.896. The van der Waals surface area contributed by atoms with E-state index in [9.17, 15) is 0 Å². The lowest BCUT2D eigenvalue weighted by atomic mass is 10.0. The summed E-state index contributed by atoms with van der Waals surface area (Å²) in [5.41, 5.74) is 12.5. The van der Waals surface area contributed by atoms with Gasteiger partial charge in [0, 0.05) is 49.6 Å². The van der Waals surface area contributed by atoms with Crippen molar-refractivity contribution in [2.75, 3.05) is 0 Å². The molecule has 0 atom stereocenters. The number of hydrogen-bond donors (Lipinski definition) is 0. The number of fused-ring (bicyclic) bond motifs is 7. The van der Waals surface area contributed by atoms with E-state index in [1.54, 1.807) is 0 Å². The van der Waals surface area contributed by atoms with E-state index in [4.69, 9.17) is 4.42 Å². The summed E-state index contributed by atoms with van der Waals surface area (Å²) in [5, 5.41) is 6.03. The van der Waals surface area contributed by atoms with Gasteiger partial charge in [-0.2, -0.15) is 0 Å². The van der Waals surface area contributed by atoms with Crippen LogP contribution < -0.4 is 0 Å². The number of aromatic nitrogens is 2. The molecule has 3 aromatic heterocycles. The van der Waals surface area contributed by atoms with E-state index in [2.05, 4.69) is 169 Å². The first-order valence-electron chi connectivity index (χ1n) is 15.5. The van der Waals surface area contributed by atoms with Crippen LogP contribution in [0.2, 0.25) is 0 Å². The Morgan fingerprint density at radius 1 is 0.489 bits per heavy atom. The molecule has 3 heterocycles. The van der Waals surface area contributed by atoms with Gasteiger partial charge in [-0.15, -0.1) is 0 Å². The van der Waals surface area contributed by atoms with Gasteiger partial charge in [0.25, 0.3) is 0 Å². The zero-order chi connectivity index (χ0) is 30.1. The van der Waals surface area contributed by atoms with E-state index in [0.717, 1.165) is 38.9 Å². The maximum absolute atomic E-state index is 6.35. The van der Waals surface area contributed by atoms with Crippen LogP contribution in [0.3, 0.4) is 0 Å². The van der Waals surface area contributed by atoms with Gasteiger partial charge in [0.15, 0.2) is 0 Å². The molecule has 9 rings (SSSR count). The molecule has 0 saturated carbocycles. The number of para-hydroxylation sites is 3. The molecule has 45 heavy (non-hydrogen) atoms. The van der Waals surface area contributed by atoms with E-state index in [-0.39, 0.29) is 0 Å². The van der Waals surface area contributed by atoms with Crippen molar-refractivity contribution in [2.24, 2.45) is 0 Å². The van der Waals surface area contributed by atoms with Gasteiger partial charge in [-0.1, -0.05) is 84.9 Å². The average Bonchev–Trinajstić information content (AvgIpc) is 3.72. The topological polar surface area (TPSA) is 23.0 Å². The van der Waals surface area contributed by atoms with Crippen LogP contribution in [0.1, 0.15) is 18.2 Å². The number of furan rings is 1. The van der Waals surface area contributed by atoms with Crippen LogP contribution in [-0.2, 0) is 0 Å². The van der Waals surface area contributed by atoms with Gasteiger partial charge in [0.2, 0.25) is 0 Å². The Labute approximate surface area is 260 Å². The summed E-state index contributed by atoms with van der Waals surface area (Å²) in [6, 6.07) is 47.9. The Balaban J connectivity index is 1.20. The molecule has 214 valence electrons. The maximum Gasteiger partial charge on any atom is 0.135 e. The first-order chi connectivity index (χ1) is 22.2. The van der Waals surface area contributed by atoms with Gasteiger partial charge in [-0.25, -0.2) is 0 Å². The van der Waals surface area contributed by atoms with Crippen molar-refractivity contribution in [3.63, 3.8) is 0 Å². The summed E-state index contributed by atoms with van der Waals surface area (Å²) in [6.07, 6.45) is 4.32. The molecule has 0 aliphatic rings. The first kappa shape index (κ1) is 25.7. The smallest absolute Gasteiger partial charge is 0.135 e. The summed E-state index contributed by atoms with van der Waals surface area (Å²) >= 11 is 0. The van der Waals surface area contributed by atoms with E-state index < -0.39 is 0 Å². The van der Waals surface area contributed by atoms with Crippen molar-refractivity contribution < 1.29 is 4.42 Å². The second-order valence-electron chi connectivity index (χ2n) is 11.8. The van der Waals surface area contributed by atoms with Crippen LogP contribution >= 0.6 is 0 Å². The Morgan fingerprint density at radius 3 is 1.78 bits per heavy atom. The highest BCUT2D eigenvalue weighted by molar-refractivity contribution is 6.10. The lowest BCUT2D eigenvalue weighted by Crippen LogP contribution is -1.96. The summed E-state index contributed by atoms with van der Waals surface area (Å²) in [5.74, 6) is 0. The van der Waals surface area contributed by atoms with Crippen LogP contribution in [-0.4, -0.2) is 9.13 Å². The van der Waals surface area contributed by atoms with Crippen molar-refractivity contribution in [2.45, 2.75) is 13.8 Å². The van der Waals surface area contributed by atoms with E-state index in [1.807, 2.05) is 0 Å². The molecule has 0 aliphatic heterocycles. The third kappa shape index (κ3) is 3.84. The minimum Gasteiger partial charge on any atom is -0.456 e. The number of benzene rings is 6. The van der Waals surface area contributed by atoms with Crippen LogP contribution in [0.5, 0.6) is 0 Å². The van der Waals surface area contributed by atoms with Crippen molar-refractivity contribution >= 4 is 60.7 Å². The molecular weight excluding hydrogens is 548 g/mol. The van der Waals surface area contributed by atoms with Crippen molar-refractivity contribution in [3.8, 4) is 22.5 Å². The fourth-order valence-corrected chi connectivity index (χ4v) is 7.21. The molecule has 0 aliphatic carbocycles. The fraction of sp³-hybridized carbons (Fsp3) is 0.0476. The maximum atomic E-state index is 6.35. The van der Waals surface area contributed by atoms with Crippen molar-refractivity contribution in [1.82, 2.24) is 9.13 Å². The molecule has 3 nitrogen and oxygen atoms in total. The highest BCUT2D eigenvalue weighted by Crippen LogP contribution is 2.37. The van der Waals surface area contributed by atoms with Gasteiger partial charge in [-0.05, 0) is 85.6 Å². The fourth-order valence-electron chi connectivity index (χ4n) is 7.21. The lowest BCUT2D eigenvalue weighted by molar-refractivity contribution is 0.669. The normalized spacial score (nSPS) is 12.1. The molecule has 0 radical (unpaired) electrons. The number of nitrogens with zero attached hydrogens (tertiary/aromatic N) is 2. The molecule has 9 aromatic rings. The predicted molar refractivity (Wildman–Crippen MR) is 190 cm³/mol. The van der Waals surface area contributed by atoms with Gasteiger partial charge < -0.3 is 13.6 Å². The van der Waals surface area contributed by atoms with Crippen LogP contribution in [0.4, 0.5) is 0 Å². The molecule has 0 saturated heterocycles. The zero-order valence-electron chi connectivity index (χ0n) is 25.2. The SMILES string of the molecule is C/C=C\c1c(C)n(-c2ccc3oc4ccc(-c5cccc(-n6c7ccccc7c7ccccc76)c5)cc4c3c2)c2ccccc12. The van der Waals surface area contributed by atoms with E-state index >= 15 is 0 Å². The summed E-state index contributed by atoms with van der Waals surface area (Å²) in [6.45, 7) is 4.28. The minimum absolute atomic E-state index is 0.896. The van der Waals surface area contributed by atoms with E-state index in [1.165, 1.54) is 49.5 Å². The highest BCUT2D eigenvalue weighted by Gasteiger charge is 2.16. The predicted octanol–water partition coefficient (Wildman–Crippen LogP) is 11.6. The molecule has 0 unspecified atom stereocenters. The summed E-state index contributed by atoms with van der Waals surface area (Å²) < 4.78 is 11.1. The molecule has 6 aromatic carbocycles. The molecule has 0 bridgehead atoms. The number of allylic oxidation sites excluding steroid dienone is 1. The second-order valence-corrected chi connectivity index (χ2v) is 11.8. The third-order valence-corrected chi connectivity index (χ3v) is 9.22. The summed E-state index contributed by atoms with van der Waals surface area (Å²) in [4.78, 5) is 0. The van der Waals surface area contributed by atoms with Gasteiger partial charge >= 0.3 is 0 Å². The molecule has 0 amide bonds. The zero-order valence-corrected chi connectivity index (χ0v) is 25.2. The van der Waals surface area contributed by atoms with Gasteiger partial charge in [-0.3, -0.25) is 0 Å². The number of rotatable bonds is 4. The van der Waals surface area contributed by atoms with Gasteiger partial charge in [0.05, 0.1) is 16.6 Å². The van der Waals surface area contributed by atoms with Crippen molar-refractivity contribution in [1.29, 1.82) is 0 Å². The highest BCUT2D eigenvalue weighted by atomic mass is 16.3. The van der Waals surface area contributed by atoms with Crippen LogP contribution in [0.15, 0.2) is 144 Å². The molecule has 0 N–H and O–H groups in total. The monoisotopic (exact) mass is 578 g/mol. The van der Waals surface area contributed by atoms with Crippen LogP contribution in [0.25, 0.3) is 83.2 Å². The lowest BCUT2D eigenvalue weighted by Gasteiger charge is -2.10. The Morgan fingerprint density at radius 2 is 1.07 bits per heavy atom. The standard InChI is InChI=1S/C42H30N2O/c1-3-11-32-27(2)43(38-17-7-4-14-33(32)38)31-21-23-42-37(26-31)36-25-29(20-22-41(36)45-42)28-12-10-13-30(24-28)44-39-18-8-5-15-34(39)35-16-6-9-19-40(35)44/h3-26H,1-2H3/b11-3-. The summed E-state index contributed by atoms with van der Waals surface area (Å²) in [7, 11) is 0. The third-order valence-electron chi connectivity index (χ3n) is 9.22. The Hall–Kier alpha value is -5.80. The van der Waals surface area contributed by atoms with Gasteiger partial charge in [0.1, 0.15) is 11.2 Å². The second kappa shape index (κ2) is 9.87. The Bertz CT molecular complexity index is 2570.